The molecule has 3 aromatic rings. The standard InChI is InChI=1S/C23H22Cl2FNO2/c1-28-22-12-18(14-27-11-10-16-2-6-19(24)7-3-16)21(25)13-23(22)29-15-17-4-8-20(26)9-5-17/h2-9,12-13,27H,10-11,14-15H2,1H3. The predicted octanol–water partition coefficient (Wildman–Crippen LogP) is 6.05. The monoisotopic (exact) mass is 433 g/mol. The topological polar surface area (TPSA) is 30.5 Å². The fourth-order valence-electron chi connectivity index (χ4n) is 2.83. The number of methoxy groups -OCH3 is 1. The Bertz CT molecular complexity index is 931. The van der Waals surface area contributed by atoms with Gasteiger partial charge in [0.25, 0.3) is 0 Å². The average molecular weight is 434 g/mol. The van der Waals surface area contributed by atoms with Crippen LogP contribution in [-0.4, -0.2) is 13.7 Å². The van der Waals surface area contributed by atoms with Crippen molar-refractivity contribution in [1.82, 2.24) is 5.32 Å². The van der Waals surface area contributed by atoms with Crippen LogP contribution in [0.4, 0.5) is 4.39 Å². The number of benzene rings is 3. The number of ether oxygens (including phenoxy) is 2. The van der Waals surface area contributed by atoms with Gasteiger partial charge in [0.15, 0.2) is 11.5 Å². The second-order valence-electron chi connectivity index (χ2n) is 6.56. The third kappa shape index (κ3) is 6.36. The van der Waals surface area contributed by atoms with E-state index in [1.165, 1.54) is 17.7 Å². The molecule has 0 spiro atoms. The number of halogens is 3. The van der Waals surface area contributed by atoms with Gasteiger partial charge in [0.1, 0.15) is 12.4 Å². The second kappa shape index (κ2) is 10.5. The zero-order valence-corrected chi connectivity index (χ0v) is 17.6. The molecule has 0 fully saturated rings. The minimum atomic E-state index is -0.276. The molecule has 29 heavy (non-hydrogen) atoms. The van der Waals surface area contributed by atoms with Gasteiger partial charge in [-0.25, -0.2) is 4.39 Å². The lowest BCUT2D eigenvalue weighted by Gasteiger charge is -2.14. The number of rotatable bonds is 9. The van der Waals surface area contributed by atoms with Gasteiger partial charge in [0, 0.05) is 22.7 Å². The minimum absolute atomic E-state index is 0.276. The Morgan fingerprint density at radius 2 is 1.59 bits per heavy atom. The van der Waals surface area contributed by atoms with E-state index in [1.807, 2.05) is 30.3 Å². The van der Waals surface area contributed by atoms with Crippen LogP contribution in [-0.2, 0) is 19.6 Å². The van der Waals surface area contributed by atoms with Crippen LogP contribution in [0.25, 0.3) is 0 Å². The molecule has 0 aliphatic carbocycles. The normalized spacial score (nSPS) is 10.8. The molecule has 3 nitrogen and oxygen atoms in total. The van der Waals surface area contributed by atoms with Crippen molar-refractivity contribution in [1.29, 1.82) is 0 Å². The highest BCUT2D eigenvalue weighted by Crippen LogP contribution is 2.34. The van der Waals surface area contributed by atoms with Gasteiger partial charge in [-0.15, -0.1) is 0 Å². The maximum absolute atomic E-state index is 13.0. The van der Waals surface area contributed by atoms with Crippen molar-refractivity contribution in [2.75, 3.05) is 13.7 Å². The third-order valence-corrected chi connectivity index (χ3v) is 5.06. The van der Waals surface area contributed by atoms with Crippen LogP contribution in [0, 0.1) is 5.82 Å². The van der Waals surface area contributed by atoms with Crippen molar-refractivity contribution in [3.8, 4) is 11.5 Å². The Hall–Kier alpha value is -2.27. The first kappa shape index (κ1) is 21.4. The lowest BCUT2D eigenvalue weighted by Crippen LogP contribution is -2.17. The maximum Gasteiger partial charge on any atom is 0.163 e. The van der Waals surface area contributed by atoms with Gasteiger partial charge in [-0.1, -0.05) is 47.5 Å². The van der Waals surface area contributed by atoms with Gasteiger partial charge >= 0.3 is 0 Å². The van der Waals surface area contributed by atoms with Crippen LogP contribution in [0.15, 0.2) is 60.7 Å². The van der Waals surface area contributed by atoms with Crippen LogP contribution in [0.1, 0.15) is 16.7 Å². The largest absolute Gasteiger partial charge is 0.493 e. The summed E-state index contributed by atoms with van der Waals surface area (Å²) in [5.41, 5.74) is 3.00. The van der Waals surface area contributed by atoms with Crippen molar-refractivity contribution in [3.05, 3.63) is 93.2 Å². The van der Waals surface area contributed by atoms with E-state index >= 15 is 0 Å². The second-order valence-corrected chi connectivity index (χ2v) is 7.41. The number of hydrogen-bond acceptors (Lipinski definition) is 3. The molecule has 152 valence electrons. The first-order chi connectivity index (χ1) is 14.0. The van der Waals surface area contributed by atoms with Crippen LogP contribution in [0.3, 0.4) is 0 Å². The molecule has 0 unspecified atom stereocenters. The van der Waals surface area contributed by atoms with E-state index < -0.39 is 0 Å². The molecule has 0 atom stereocenters. The zero-order chi connectivity index (χ0) is 20.6. The van der Waals surface area contributed by atoms with E-state index in [0.717, 1.165) is 29.1 Å². The summed E-state index contributed by atoms with van der Waals surface area (Å²) in [5.74, 6) is 0.875. The molecule has 0 aliphatic heterocycles. The predicted molar refractivity (Wildman–Crippen MR) is 116 cm³/mol. The molecule has 6 heteroatoms. The summed E-state index contributed by atoms with van der Waals surface area (Å²) in [7, 11) is 1.59. The highest BCUT2D eigenvalue weighted by atomic mass is 35.5. The molecule has 0 amide bonds. The summed E-state index contributed by atoms with van der Waals surface area (Å²) >= 11 is 12.3. The SMILES string of the molecule is COc1cc(CNCCc2ccc(Cl)cc2)c(Cl)cc1OCc1ccc(F)cc1. The summed E-state index contributed by atoms with van der Waals surface area (Å²) in [6.45, 7) is 1.72. The fourth-order valence-corrected chi connectivity index (χ4v) is 3.18. The van der Waals surface area contributed by atoms with E-state index in [2.05, 4.69) is 5.32 Å². The van der Waals surface area contributed by atoms with Gasteiger partial charge in [-0.3, -0.25) is 0 Å². The van der Waals surface area contributed by atoms with Crippen molar-refractivity contribution in [2.24, 2.45) is 0 Å². The molecule has 0 radical (unpaired) electrons. The Balaban J connectivity index is 1.57. The van der Waals surface area contributed by atoms with Gasteiger partial charge in [-0.2, -0.15) is 0 Å². The third-order valence-electron chi connectivity index (χ3n) is 4.46. The fraction of sp³-hybridized carbons (Fsp3) is 0.217. The lowest BCUT2D eigenvalue weighted by atomic mass is 10.1. The Labute approximate surface area is 180 Å². The van der Waals surface area contributed by atoms with Crippen molar-refractivity contribution < 1.29 is 13.9 Å². The number of hydrogen-bond donors (Lipinski definition) is 1. The van der Waals surface area contributed by atoms with E-state index in [-0.39, 0.29) is 5.82 Å². The lowest BCUT2D eigenvalue weighted by molar-refractivity contribution is 0.284. The summed E-state index contributed by atoms with van der Waals surface area (Å²) in [6.07, 6.45) is 0.894. The molecule has 0 aliphatic rings. The van der Waals surface area contributed by atoms with E-state index in [4.69, 9.17) is 32.7 Å². The minimum Gasteiger partial charge on any atom is -0.493 e. The molecule has 0 bridgehead atoms. The Morgan fingerprint density at radius 1 is 0.897 bits per heavy atom. The molecule has 3 aromatic carbocycles. The van der Waals surface area contributed by atoms with Gasteiger partial charge < -0.3 is 14.8 Å². The van der Waals surface area contributed by atoms with E-state index in [9.17, 15) is 4.39 Å². The molecule has 0 heterocycles. The first-order valence-electron chi connectivity index (χ1n) is 9.24. The highest BCUT2D eigenvalue weighted by Gasteiger charge is 2.11. The molecular weight excluding hydrogens is 412 g/mol. The zero-order valence-electron chi connectivity index (χ0n) is 16.1. The molecule has 0 saturated heterocycles. The van der Waals surface area contributed by atoms with Crippen LogP contribution in [0.2, 0.25) is 10.0 Å². The van der Waals surface area contributed by atoms with Gasteiger partial charge in [-0.05, 0) is 60.0 Å². The van der Waals surface area contributed by atoms with Crippen molar-refractivity contribution in [2.45, 2.75) is 19.6 Å². The summed E-state index contributed by atoms with van der Waals surface area (Å²) in [5, 5.41) is 4.72. The molecule has 3 rings (SSSR count). The molecule has 0 saturated carbocycles. The average Bonchev–Trinajstić information content (AvgIpc) is 2.73. The van der Waals surface area contributed by atoms with Crippen molar-refractivity contribution >= 4 is 23.2 Å². The molecule has 0 aromatic heterocycles. The molecular formula is C23H22Cl2FNO2. The van der Waals surface area contributed by atoms with Crippen LogP contribution in [0.5, 0.6) is 11.5 Å². The quantitative estimate of drug-likeness (QED) is 0.416. The number of nitrogens with one attached hydrogen (secondary N) is 1. The maximum atomic E-state index is 13.0. The van der Waals surface area contributed by atoms with Crippen LogP contribution < -0.4 is 14.8 Å². The van der Waals surface area contributed by atoms with Crippen LogP contribution >= 0.6 is 23.2 Å². The van der Waals surface area contributed by atoms with Gasteiger partial charge in [0.05, 0.1) is 7.11 Å². The van der Waals surface area contributed by atoms with Gasteiger partial charge in [0.2, 0.25) is 0 Å². The van der Waals surface area contributed by atoms with E-state index in [0.29, 0.717) is 29.7 Å². The highest BCUT2D eigenvalue weighted by molar-refractivity contribution is 6.31. The Kier molecular flexibility index (Phi) is 7.76. The summed E-state index contributed by atoms with van der Waals surface area (Å²) < 4.78 is 24.3. The smallest absolute Gasteiger partial charge is 0.163 e. The van der Waals surface area contributed by atoms with E-state index in [1.54, 1.807) is 25.3 Å². The Morgan fingerprint density at radius 3 is 2.28 bits per heavy atom. The first-order valence-corrected chi connectivity index (χ1v) is 9.99. The summed E-state index contributed by atoms with van der Waals surface area (Å²) in [6, 6.07) is 17.6. The molecule has 1 N–H and O–H groups in total. The summed E-state index contributed by atoms with van der Waals surface area (Å²) in [4.78, 5) is 0. The van der Waals surface area contributed by atoms with Crippen molar-refractivity contribution in [3.63, 3.8) is 0 Å².